The molecule has 2 aliphatic rings. The first-order valence-corrected chi connectivity index (χ1v) is 14.5. The summed E-state index contributed by atoms with van der Waals surface area (Å²) in [5, 5.41) is 17.2. The molecule has 0 saturated carbocycles. The molecule has 3 heterocycles. The molecule has 4 N–H and O–H groups in total. The number of amides is 5. The Bertz CT molecular complexity index is 1610. The van der Waals surface area contributed by atoms with Gasteiger partial charge in [-0.15, -0.1) is 0 Å². The van der Waals surface area contributed by atoms with Crippen LogP contribution in [0.25, 0.3) is 10.9 Å². The molecule has 0 spiro atoms. The number of piperidine rings is 1. The lowest BCUT2D eigenvalue weighted by molar-refractivity contribution is -0.136. The summed E-state index contributed by atoms with van der Waals surface area (Å²) >= 11 is 0. The number of aromatic nitrogens is 1. The molecule has 5 rings (SSSR count). The number of para-hydroxylation sites is 1. The van der Waals surface area contributed by atoms with E-state index in [9.17, 15) is 24.0 Å². The zero-order valence-corrected chi connectivity index (χ0v) is 24.4. The van der Waals surface area contributed by atoms with Crippen molar-refractivity contribution in [2.24, 2.45) is 0 Å². The van der Waals surface area contributed by atoms with Gasteiger partial charge in [0.05, 0.1) is 49.8 Å². The van der Waals surface area contributed by atoms with Gasteiger partial charge in [0.25, 0.3) is 17.7 Å². The van der Waals surface area contributed by atoms with Crippen LogP contribution >= 0.6 is 0 Å². The van der Waals surface area contributed by atoms with E-state index in [-0.39, 0.29) is 75.1 Å². The smallest absolute Gasteiger partial charge is 0.274 e. The van der Waals surface area contributed by atoms with Gasteiger partial charge < -0.3 is 34.9 Å². The van der Waals surface area contributed by atoms with Crippen molar-refractivity contribution >= 4 is 46.1 Å². The van der Waals surface area contributed by atoms with Gasteiger partial charge in [-0.3, -0.25) is 29.3 Å². The van der Waals surface area contributed by atoms with Crippen LogP contribution in [0.4, 0.5) is 5.69 Å². The highest BCUT2D eigenvalue weighted by Crippen LogP contribution is 2.32. The molecule has 14 nitrogen and oxygen atoms in total. The number of hydrogen-bond acceptors (Lipinski definition) is 10. The summed E-state index contributed by atoms with van der Waals surface area (Å²) < 4.78 is 15.5. The second-order valence-electron chi connectivity index (χ2n) is 10.3. The average Bonchev–Trinajstić information content (AvgIpc) is 3.35. The van der Waals surface area contributed by atoms with Crippen LogP contribution in [0.3, 0.4) is 0 Å². The molecular weight excluding hydrogens is 586 g/mol. The third kappa shape index (κ3) is 7.67. The maximum absolute atomic E-state index is 13.4. The summed E-state index contributed by atoms with van der Waals surface area (Å²) in [6, 6.07) is 12.8. The third-order valence-electron chi connectivity index (χ3n) is 7.35. The maximum Gasteiger partial charge on any atom is 0.274 e. The lowest BCUT2D eigenvalue weighted by atomic mass is 10.0. The molecular formula is C31H33N5O9. The number of nitrogens with one attached hydrogen (secondary N) is 3. The predicted molar refractivity (Wildman–Crippen MR) is 159 cm³/mol. The normalized spacial score (nSPS) is 16.1. The number of nitrogens with zero attached hydrogens (tertiary/aromatic N) is 2. The number of benzene rings is 2. The molecule has 5 amide bonds. The van der Waals surface area contributed by atoms with Crippen LogP contribution in [0, 0.1) is 0 Å². The van der Waals surface area contributed by atoms with E-state index >= 15 is 0 Å². The van der Waals surface area contributed by atoms with E-state index in [1.54, 1.807) is 18.2 Å². The van der Waals surface area contributed by atoms with Crippen LogP contribution in [0.15, 0.2) is 48.5 Å². The van der Waals surface area contributed by atoms with Crippen molar-refractivity contribution in [1.82, 2.24) is 20.5 Å². The minimum Gasteiger partial charge on any atom is -0.377 e. The molecule has 1 saturated heterocycles. The second kappa shape index (κ2) is 14.8. The van der Waals surface area contributed by atoms with Crippen LogP contribution in [0.1, 0.15) is 49.6 Å². The van der Waals surface area contributed by atoms with Crippen molar-refractivity contribution in [3.8, 4) is 0 Å². The van der Waals surface area contributed by atoms with E-state index in [1.165, 1.54) is 17.0 Å². The SMILES string of the molecule is O=C1CCC(N2Cc3cc(C(=O)NCCOCCOCCOCO)c(NC(=O)c4ccc5ccccc5n4)cc3C2=O)C(=O)N1. The van der Waals surface area contributed by atoms with E-state index in [0.29, 0.717) is 24.3 Å². The molecule has 45 heavy (non-hydrogen) atoms. The summed E-state index contributed by atoms with van der Waals surface area (Å²) in [5.74, 6) is -2.47. The third-order valence-corrected chi connectivity index (χ3v) is 7.35. The Balaban J connectivity index is 1.30. The first-order valence-electron chi connectivity index (χ1n) is 14.5. The Morgan fingerprint density at radius 3 is 2.49 bits per heavy atom. The zero-order chi connectivity index (χ0) is 31.8. The Kier molecular flexibility index (Phi) is 10.4. The molecule has 236 valence electrons. The van der Waals surface area contributed by atoms with Crippen molar-refractivity contribution in [2.75, 3.05) is 51.7 Å². The maximum atomic E-state index is 13.4. The number of rotatable bonds is 14. The first kappa shape index (κ1) is 31.7. The average molecular weight is 620 g/mol. The molecule has 1 atom stereocenters. The molecule has 1 aromatic heterocycles. The number of carbonyl (C=O) groups excluding carboxylic acids is 5. The fourth-order valence-corrected chi connectivity index (χ4v) is 5.12. The highest BCUT2D eigenvalue weighted by molar-refractivity contribution is 6.12. The van der Waals surface area contributed by atoms with Crippen LogP contribution in [-0.4, -0.2) is 96.9 Å². The highest BCUT2D eigenvalue weighted by Gasteiger charge is 2.40. The lowest BCUT2D eigenvalue weighted by Gasteiger charge is -2.29. The van der Waals surface area contributed by atoms with Crippen LogP contribution in [0.2, 0.25) is 0 Å². The Morgan fingerprint density at radius 2 is 1.71 bits per heavy atom. The largest absolute Gasteiger partial charge is 0.377 e. The van der Waals surface area contributed by atoms with Gasteiger partial charge in [0, 0.05) is 30.5 Å². The minimum atomic E-state index is -0.831. The minimum absolute atomic E-state index is 0.0631. The van der Waals surface area contributed by atoms with Gasteiger partial charge in [0.15, 0.2) is 0 Å². The van der Waals surface area contributed by atoms with E-state index < -0.39 is 35.6 Å². The predicted octanol–water partition coefficient (Wildman–Crippen LogP) is 0.978. The topological polar surface area (TPSA) is 185 Å². The zero-order valence-electron chi connectivity index (χ0n) is 24.4. The van der Waals surface area contributed by atoms with Crippen LogP contribution in [0.5, 0.6) is 0 Å². The number of aliphatic hydroxyl groups is 1. The molecule has 2 aromatic carbocycles. The van der Waals surface area contributed by atoms with Crippen molar-refractivity contribution in [3.05, 3.63) is 70.9 Å². The summed E-state index contributed by atoms with van der Waals surface area (Å²) in [6.45, 7) is 1.21. The standard InChI is InChI=1S/C31H33N5O9/c37-18-45-14-13-44-12-11-43-10-9-32-28(39)22-15-20-17-36(26-7-8-27(38)35-30(26)41)31(42)21(20)16-25(22)34-29(40)24-6-5-19-3-1-2-4-23(19)33-24/h1-6,15-16,26,37H,7-14,17-18H2,(H,32,39)(H,34,40)(H,35,38,41). The fraction of sp³-hybridized carbons (Fsp3) is 0.355. The van der Waals surface area contributed by atoms with Crippen molar-refractivity contribution in [1.29, 1.82) is 0 Å². The van der Waals surface area contributed by atoms with Gasteiger partial charge in [-0.25, -0.2) is 4.98 Å². The summed E-state index contributed by atoms with van der Waals surface area (Å²) in [6.07, 6.45) is 0.299. The Hall–Kier alpha value is -4.76. The number of fused-ring (bicyclic) bond motifs is 2. The number of ether oxygens (including phenoxy) is 3. The highest BCUT2D eigenvalue weighted by atomic mass is 16.6. The number of hydrogen-bond donors (Lipinski definition) is 4. The van der Waals surface area contributed by atoms with Gasteiger partial charge >= 0.3 is 0 Å². The number of carbonyl (C=O) groups is 5. The molecule has 2 aliphatic heterocycles. The van der Waals surface area contributed by atoms with Gasteiger partial charge in [-0.05, 0) is 36.2 Å². The van der Waals surface area contributed by atoms with Crippen LogP contribution in [-0.2, 0) is 30.3 Å². The molecule has 3 aromatic rings. The Labute approximate surface area is 258 Å². The van der Waals surface area contributed by atoms with E-state index in [2.05, 4.69) is 20.9 Å². The van der Waals surface area contributed by atoms with E-state index in [4.69, 9.17) is 19.3 Å². The summed E-state index contributed by atoms with van der Waals surface area (Å²) in [5.41, 5.74) is 1.71. The monoisotopic (exact) mass is 619 g/mol. The molecule has 1 fully saturated rings. The molecule has 0 radical (unpaired) electrons. The van der Waals surface area contributed by atoms with E-state index in [0.717, 1.165) is 5.39 Å². The van der Waals surface area contributed by atoms with Crippen molar-refractivity contribution in [2.45, 2.75) is 25.4 Å². The first-order chi connectivity index (χ1) is 21.9. The molecule has 14 heteroatoms. The number of aliphatic hydroxyl groups excluding tert-OH is 1. The fourth-order valence-electron chi connectivity index (χ4n) is 5.12. The summed E-state index contributed by atoms with van der Waals surface area (Å²) in [4.78, 5) is 70.0. The van der Waals surface area contributed by atoms with Crippen molar-refractivity contribution < 1.29 is 43.3 Å². The Morgan fingerprint density at radius 1 is 0.956 bits per heavy atom. The van der Waals surface area contributed by atoms with Crippen LogP contribution < -0.4 is 16.0 Å². The van der Waals surface area contributed by atoms with E-state index in [1.807, 2.05) is 18.2 Å². The second-order valence-corrected chi connectivity index (χ2v) is 10.3. The number of anilines is 1. The van der Waals surface area contributed by atoms with Crippen molar-refractivity contribution in [3.63, 3.8) is 0 Å². The van der Waals surface area contributed by atoms with Gasteiger partial charge in [0.2, 0.25) is 11.8 Å². The number of pyridine rings is 1. The van der Waals surface area contributed by atoms with Gasteiger partial charge in [-0.2, -0.15) is 0 Å². The molecule has 1 unspecified atom stereocenters. The molecule has 0 aliphatic carbocycles. The number of imide groups is 1. The molecule has 0 bridgehead atoms. The lowest BCUT2D eigenvalue weighted by Crippen LogP contribution is -2.52. The van der Waals surface area contributed by atoms with Gasteiger partial charge in [0.1, 0.15) is 18.5 Å². The summed E-state index contributed by atoms with van der Waals surface area (Å²) in [7, 11) is 0. The quantitative estimate of drug-likeness (QED) is 0.115. The van der Waals surface area contributed by atoms with Gasteiger partial charge in [-0.1, -0.05) is 24.3 Å².